The average Bonchev–Trinajstić information content (AvgIpc) is 3.54. The summed E-state index contributed by atoms with van der Waals surface area (Å²) in [6, 6.07) is 0.587. The Morgan fingerprint density at radius 1 is 1.02 bits per heavy atom. The minimum Gasteiger partial charge on any atom is -0.393 e. The van der Waals surface area contributed by atoms with Crippen molar-refractivity contribution in [3.8, 4) is 0 Å². The van der Waals surface area contributed by atoms with Crippen molar-refractivity contribution in [1.29, 1.82) is 0 Å². The summed E-state index contributed by atoms with van der Waals surface area (Å²) in [5, 5.41) is 14.4. The predicted molar refractivity (Wildman–Crippen MR) is 169 cm³/mol. The highest BCUT2D eigenvalue weighted by Crippen LogP contribution is 2.68. The number of carbonyl (C=O) groups excluding carboxylic acids is 1. The van der Waals surface area contributed by atoms with Gasteiger partial charge in [-0.1, -0.05) is 34.6 Å². The van der Waals surface area contributed by atoms with Crippen LogP contribution in [-0.2, 0) is 14.3 Å². The van der Waals surface area contributed by atoms with Crippen LogP contribution < -0.4 is 5.32 Å². The number of hydrogen-bond acceptors (Lipinski definition) is 5. The van der Waals surface area contributed by atoms with E-state index in [9.17, 15) is 9.90 Å². The number of hydrogen-bond donors (Lipinski definition) is 2. The first kappa shape index (κ1) is 32.7. The van der Waals surface area contributed by atoms with E-state index in [2.05, 4.69) is 44.8 Å². The number of aliphatic hydroxyl groups is 1. The summed E-state index contributed by atoms with van der Waals surface area (Å²) < 4.78 is 12.1. The number of aliphatic hydroxyl groups excluding tert-OH is 1. The van der Waals surface area contributed by atoms with Crippen molar-refractivity contribution < 1.29 is 19.4 Å². The summed E-state index contributed by atoms with van der Waals surface area (Å²) in [6.07, 6.45) is 15.5. The molecule has 6 heteroatoms. The van der Waals surface area contributed by atoms with E-state index in [1.54, 1.807) is 7.11 Å². The second kappa shape index (κ2) is 13.7. The van der Waals surface area contributed by atoms with Gasteiger partial charge in [-0.25, -0.2) is 0 Å². The van der Waals surface area contributed by atoms with Crippen molar-refractivity contribution >= 4 is 5.91 Å². The quantitative estimate of drug-likeness (QED) is 0.186. The van der Waals surface area contributed by atoms with E-state index in [1.807, 2.05) is 0 Å². The van der Waals surface area contributed by atoms with Crippen LogP contribution in [0.15, 0.2) is 0 Å². The minimum absolute atomic E-state index is 0.172. The zero-order valence-electron chi connectivity index (χ0n) is 27.9. The predicted octanol–water partition coefficient (Wildman–Crippen LogP) is 6.65. The van der Waals surface area contributed by atoms with Gasteiger partial charge < -0.3 is 24.8 Å². The first-order valence-electron chi connectivity index (χ1n) is 17.9. The lowest BCUT2D eigenvalue weighted by Crippen LogP contribution is -2.60. The number of ether oxygens (including phenoxy) is 2. The standard InChI is InChI=1S/C36H64N2O4/c1-24(2)31(39)13-10-25(3)28-11-12-29-34-30(15-17-36(28,29)5)35(4)16-14-27(21-26(35)22-32(34)42-23-41-6)37-18-8-20-38-19-7-9-33(38)40/h24-32,34,37,39H,7-23H2,1-6H3/t25-,26-,27+,28-,29?,30?,31-,32-,34?,35+,36-/m1/s1. The zero-order valence-corrected chi connectivity index (χ0v) is 27.9. The van der Waals surface area contributed by atoms with Gasteiger partial charge in [-0.05, 0) is 136 Å². The maximum atomic E-state index is 12.0. The molecule has 1 saturated heterocycles. The highest BCUT2D eigenvalue weighted by Gasteiger charge is 2.63. The monoisotopic (exact) mass is 588 g/mol. The first-order chi connectivity index (χ1) is 20.1. The second-order valence-corrected chi connectivity index (χ2v) is 16.2. The Bertz CT molecular complexity index is 898. The van der Waals surface area contributed by atoms with Gasteiger partial charge in [0.1, 0.15) is 6.79 Å². The van der Waals surface area contributed by atoms with Crippen LogP contribution >= 0.6 is 0 Å². The smallest absolute Gasteiger partial charge is 0.222 e. The van der Waals surface area contributed by atoms with Crippen LogP contribution in [0.5, 0.6) is 0 Å². The van der Waals surface area contributed by atoms with Crippen molar-refractivity contribution in [2.45, 2.75) is 136 Å². The van der Waals surface area contributed by atoms with E-state index in [1.165, 1.54) is 51.4 Å². The maximum Gasteiger partial charge on any atom is 0.222 e. The summed E-state index contributed by atoms with van der Waals surface area (Å²) in [4.78, 5) is 14.0. The Kier molecular flexibility index (Phi) is 10.7. The number of likely N-dealkylation sites (tertiary alicyclic amines) is 1. The molecule has 2 N–H and O–H groups in total. The van der Waals surface area contributed by atoms with Crippen LogP contribution in [0.3, 0.4) is 0 Å². The van der Waals surface area contributed by atoms with Crippen molar-refractivity contribution in [1.82, 2.24) is 10.2 Å². The third kappa shape index (κ3) is 6.49. The summed E-state index contributed by atoms with van der Waals surface area (Å²) in [5.74, 6) is 4.94. The molecule has 5 aliphatic rings. The van der Waals surface area contributed by atoms with Gasteiger partial charge in [-0.2, -0.15) is 0 Å². The van der Waals surface area contributed by atoms with Crippen LogP contribution in [0.25, 0.3) is 0 Å². The molecule has 0 radical (unpaired) electrons. The molecule has 6 nitrogen and oxygen atoms in total. The van der Waals surface area contributed by atoms with E-state index in [4.69, 9.17) is 9.47 Å². The van der Waals surface area contributed by atoms with E-state index in [0.717, 1.165) is 69.5 Å². The zero-order chi connectivity index (χ0) is 30.1. The fourth-order valence-electron chi connectivity index (χ4n) is 11.2. The van der Waals surface area contributed by atoms with Crippen LogP contribution in [0.2, 0.25) is 0 Å². The molecule has 1 amide bonds. The van der Waals surface area contributed by atoms with Crippen LogP contribution in [-0.4, -0.2) is 67.7 Å². The number of methoxy groups -OCH3 is 1. The van der Waals surface area contributed by atoms with Crippen molar-refractivity contribution in [3.05, 3.63) is 0 Å². The molecule has 0 spiro atoms. The van der Waals surface area contributed by atoms with Crippen molar-refractivity contribution in [2.75, 3.05) is 33.5 Å². The van der Waals surface area contributed by atoms with Gasteiger partial charge in [0.25, 0.3) is 0 Å². The summed E-state index contributed by atoms with van der Waals surface area (Å²) >= 11 is 0. The second-order valence-electron chi connectivity index (χ2n) is 16.2. The number of carbonyl (C=O) groups is 1. The Balaban J connectivity index is 1.23. The van der Waals surface area contributed by atoms with Gasteiger partial charge in [0.15, 0.2) is 0 Å². The lowest BCUT2D eigenvalue weighted by atomic mass is 9.43. The van der Waals surface area contributed by atoms with Gasteiger partial charge in [0.2, 0.25) is 5.91 Å². The van der Waals surface area contributed by atoms with Crippen molar-refractivity contribution in [2.24, 2.45) is 52.3 Å². The SMILES string of the molecule is COCO[C@@H]1C[C@H]2C[C@@H](NCCCN3CCCC3=O)CC[C@]2(C)C2CC[C@@]3(C)C(CC[C@@H]3[C@H](C)CC[C@@H](O)C(C)C)C21. The number of fused-ring (bicyclic) bond motifs is 5. The molecule has 0 aromatic heterocycles. The number of amides is 1. The Morgan fingerprint density at radius 3 is 2.50 bits per heavy atom. The van der Waals surface area contributed by atoms with Gasteiger partial charge in [0, 0.05) is 32.7 Å². The number of rotatable bonds is 13. The highest BCUT2D eigenvalue weighted by molar-refractivity contribution is 5.77. The van der Waals surface area contributed by atoms with Gasteiger partial charge >= 0.3 is 0 Å². The fraction of sp³-hybridized carbons (Fsp3) is 0.972. The van der Waals surface area contributed by atoms with E-state index >= 15 is 0 Å². The minimum atomic E-state index is -0.172. The first-order valence-corrected chi connectivity index (χ1v) is 17.9. The third-order valence-electron chi connectivity index (χ3n) is 13.7. The summed E-state index contributed by atoms with van der Waals surface area (Å²) in [6.45, 7) is 15.3. The molecule has 0 aromatic carbocycles. The molecule has 3 unspecified atom stereocenters. The normalized spacial score (nSPS) is 41.5. The lowest BCUT2D eigenvalue weighted by molar-refractivity contribution is -0.203. The number of nitrogens with one attached hydrogen (secondary N) is 1. The molecule has 242 valence electrons. The highest BCUT2D eigenvalue weighted by atomic mass is 16.7. The van der Waals surface area contributed by atoms with Gasteiger partial charge in [-0.15, -0.1) is 0 Å². The molecular formula is C36H64N2O4. The molecule has 4 saturated carbocycles. The molecule has 1 heterocycles. The molecule has 4 aliphatic carbocycles. The van der Waals surface area contributed by atoms with E-state index in [-0.39, 0.29) is 6.10 Å². The summed E-state index contributed by atoms with van der Waals surface area (Å²) in [7, 11) is 1.77. The molecular weight excluding hydrogens is 524 g/mol. The molecule has 0 aromatic rings. The average molecular weight is 589 g/mol. The maximum absolute atomic E-state index is 12.0. The molecule has 5 rings (SSSR count). The molecule has 0 bridgehead atoms. The number of nitrogens with zero attached hydrogens (tertiary/aromatic N) is 1. The third-order valence-corrected chi connectivity index (χ3v) is 13.7. The topological polar surface area (TPSA) is 71.0 Å². The molecule has 42 heavy (non-hydrogen) atoms. The van der Waals surface area contributed by atoms with Gasteiger partial charge in [0.05, 0.1) is 12.2 Å². The Labute approximate surface area is 257 Å². The van der Waals surface area contributed by atoms with E-state index in [0.29, 0.717) is 59.3 Å². The van der Waals surface area contributed by atoms with Crippen LogP contribution in [0.1, 0.15) is 118 Å². The Morgan fingerprint density at radius 2 is 1.79 bits per heavy atom. The summed E-state index contributed by atoms with van der Waals surface area (Å²) in [5.41, 5.74) is 0.793. The van der Waals surface area contributed by atoms with E-state index < -0.39 is 0 Å². The fourth-order valence-corrected chi connectivity index (χ4v) is 11.2. The lowest BCUT2D eigenvalue weighted by Gasteiger charge is -2.63. The van der Waals surface area contributed by atoms with Crippen molar-refractivity contribution in [3.63, 3.8) is 0 Å². The van der Waals surface area contributed by atoms with Gasteiger partial charge in [-0.3, -0.25) is 4.79 Å². The molecule has 11 atom stereocenters. The Hall–Kier alpha value is -0.690. The largest absolute Gasteiger partial charge is 0.393 e. The van der Waals surface area contributed by atoms with Crippen LogP contribution in [0, 0.1) is 52.3 Å². The molecule has 5 fully saturated rings. The molecule has 1 aliphatic heterocycles. The van der Waals surface area contributed by atoms with Crippen LogP contribution in [0.4, 0.5) is 0 Å².